The topological polar surface area (TPSA) is 78.9 Å². The summed E-state index contributed by atoms with van der Waals surface area (Å²) in [6, 6.07) is 4.29. The molecule has 1 aliphatic heterocycles. The van der Waals surface area contributed by atoms with Crippen LogP contribution in [0.4, 0.5) is 5.69 Å². The summed E-state index contributed by atoms with van der Waals surface area (Å²) in [4.78, 5) is 0. The Balaban J connectivity index is 2.20. The van der Waals surface area contributed by atoms with Crippen molar-refractivity contribution < 1.29 is 18.3 Å². The molecule has 0 spiro atoms. The molecule has 2 N–H and O–H groups in total. The van der Waals surface area contributed by atoms with Gasteiger partial charge < -0.3 is 9.84 Å². The minimum Gasteiger partial charge on any atom is -0.495 e. The van der Waals surface area contributed by atoms with E-state index in [0.29, 0.717) is 29.4 Å². The fourth-order valence-electron chi connectivity index (χ4n) is 2.40. The molecule has 1 heterocycles. The monoisotopic (exact) mass is 334 g/mol. The van der Waals surface area contributed by atoms with Crippen LogP contribution >= 0.6 is 11.6 Å². The fraction of sp³-hybridized carbons (Fsp3) is 0.538. The Bertz CT molecular complexity index is 594. The Kier molecular flexibility index (Phi) is 5.32. The van der Waals surface area contributed by atoms with Crippen LogP contribution in [0.3, 0.4) is 0 Å². The Morgan fingerprint density at radius 1 is 1.48 bits per heavy atom. The molecule has 1 aromatic rings. The van der Waals surface area contributed by atoms with Gasteiger partial charge in [-0.3, -0.25) is 4.72 Å². The second-order valence-corrected chi connectivity index (χ2v) is 6.93. The Hall–Kier alpha value is -1.02. The predicted molar refractivity (Wildman–Crippen MR) is 82.0 cm³/mol. The number of benzene rings is 1. The fourth-order valence-corrected chi connectivity index (χ4v) is 4.07. The quantitative estimate of drug-likeness (QED) is 0.861. The van der Waals surface area contributed by atoms with E-state index in [-0.39, 0.29) is 12.6 Å². The van der Waals surface area contributed by atoms with Crippen LogP contribution in [0.15, 0.2) is 18.2 Å². The molecule has 1 aliphatic rings. The van der Waals surface area contributed by atoms with Crippen molar-refractivity contribution in [2.24, 2.45) is 0 Å². The minimum absolute atomic E-state index is 0.176. The number of methoxy groups -OCH3 is 1. The average Bonchev–Trinajstić information content (AvgIpc) is 2.49. The average molecular weight is 335 g/mol. The van der Waals surface area contributed by atoms with E-state index in [1.165, 1.54) is 17.5 Å². The third-order valence-corrected chi connectivity index (χ3v) is 5.39. The van der Waals surface area contributed by atoms with Crippen molar-refractivity contribution in [1.29, 1.82) is 0 Å². The third kappa shape index (κ3) is 3.79. The smallest absolute Gasteiger partial charge is 0.301 e. The molecule has 0 aliphatic carbocycles. The number of hydrogen-bond acceptors (Lipinski definition) is 4. The van der Waals surface area contributed by atoms with Crippen LogP contribution in [-0.4, -0.2) is 44.1 Å². The van der Waals surface area contributed by atoms with Gasteiger partial charge in [-0.15, -0.1) is 0 Å². The summed E-state index contributed by atoms with van der Waals surface area (Å²) in [5.41, 5.74) is 0.374. The van der Waals surface area contributed by atoms with Crippen LogP contribution in [0.2, 0.25) is 5.02 Å². The van der Waals surface area contributed by atoms with E-state index in [2.05, 4.69) is 4.72 Å². The molecule has 118 valence electrons. The van der Waals surface area contributed by atoms with Crippen LogP contribution in [0, 0.1) is 0 Å². The van der Waals surface area contributed by atoms with Crippen molar-refractivity contribution in [2.45, 2.75) is 25.3 Å². The number of nitrogens with zero attached hydrogens (tertiary/aromatic N) is 1. The van der Waals surface area contributed by atoms with Gasteiger partial charge in [0.15, 0.2) is 0 Å². The first kappa shape index (κ1) is 16.4. The number of aliphatic hydroxyl groups excluding tert-OH is 1. The maximum Gasteiger partial charge on any atom is 0.301 e. The second-order valence-electron chi connectivity index (χ2n) is 4.90. The van der Waals surface area contributed by atoms with Gasteiger partial charge in [-0.25, -0.2) is 0 Å². The highest BCUT2D eigenvalue weighted by atomic mass is 35.5. The molecule has 1 unspecified atom stereocenters. The lowest BCUT2D eigenvalue weighted by Gasteiger charge is -2.33. The van der Waals surface area contributed by atoms with E-state index in [0.717, 1.165) is 12.8 Å². The van der Waals surface area contributed by atoms with Crippen molar-refractivity contribution in [2.75, 3.05) is 25.0 Å². The molecular formula is C13H19ClN2O4S. The number of aliphatic hydroxyl groups is 1. The summed E-state index contributed by atoms with van der Waals surface area (Å²) in [7, 11) is -2.25. The largest absolute Gasteiger partial charge is 0.495 e. The molecule has 0 radical (unpaired) electrons. The van der Waals surface area contributed by atoms with Gasteiger partial charge in [0.05, 0.1) is 24.4 Å². The molecule has 0 amide bonds. The molecule has 21 heavy (non-hydrogen) atoms. The molecule has 1 aromatic carbocycles. The Morgan fingerprint density at radius 2 is 2.24 bits per heavy atom. The number of hydrogen-bond donors (Lipinski definition) is 2. The maximum atomic E-state index is 12.4. The Morgan fingerprint density at radius 3 is 2.90 bits per heavy atom. The van der Waals surface area contributed by atoms with Crippen molar-refractivity contribution in [3.8, 4) is 5.75 Å². The van der Waals surface area contributed by atoms with Crippen molar-refractivity contribution >= 4 is 27.5 Å². The van der Waals surface area contributed by atoms with Crippen LogP contribution in [-0.2, 0) is 10.2 Å². The zero-order valence-electron chi connectivity index (χ0n) is 11.8. The number of nitrogens with one attached hydrogen (secondary N) is 1. The highest BCUT2D eigenvalue weighted by Crippen LogP contribution is 2.29. The van der Waals surface area contributed by atoms with Crippen LogP contribution < -0.4 is 9.46 Å². The van der Waals surface area contributed by atoms with Gasteiger partial charge in [-0.2, -0.15) is 12.7 Å². The first-order chi connectivity index (χ1) is 9.97. The number of rotatable bonds is 5. The van der Waals surface area contributed by atoms with Gasteiger partial charge >= 0.3 is 10.2 Å². The summed E-state index contributed by atoms with van der Waals surface area (Å²) in [6.07, 6.45) is 2.38. The standard InChI is InChI=1S/C13H19ClN2O4S/c1-20-13-8-10(5-6-12(13)14)15-21(18,19)16-7-3-2-4-11(16)9-17/h5-6,8,11,15,17H,2-4,7,9H2,1H3. The summed E-state index contributed by atoms with van der Waals surface area (Å²) in [5.74, 6) is 0.397. The molecule has 0 bridgehead atoms. The van der Waals surface area contributed by atoms with Gasteiger partial charge in [-0.1, -0.05) is 18.0 Å². The third-order valence-electron chi connectivity index (χ3n) is 3.49. The molecule has 1 saturated heterocycles. The lowest BCUT2D eigenvalue weighted by molar-refractivity contribution is 0.156. The highest BCUT2D eigenvalue weighted by molar-refractivity contribution is 7.90. The first-order valence-electron chi connectivity index (χ1n) is 6.72. The summed E-state index contributed by atoms with van der Waals surface area (Å²) in [6.45, 7) is 0.232. The highest BCUT2D eigenvalue weighted by Gasteiger charge is 2.31. The number of anilines is 1. The van der Waals surface area contributed by atoms with Crippen molar-refractivity contribution in [3.05, 3.63) is 23.2 Å². The van der Waals surface area contributed by atoms with E-state index in [1.54, 1.807) is 12.1 Å². The zero-order valence-corrected chi connectivity index (χ0v) is 13.3. The summed E-state index contributed by atoms with van der Waals surface area (Å²) < 4.78 is 33.8. The van der Waals surface area contributed by atoms with Gasteiger partial charge in [-0.05, 0) is 25.0 Å². The number of halogens is 1. The van der Waals surface area contributed by atoms with Crippen LogP contribution in [0.1, 0.15) is 19.3 Å². The molecule has 0 aromatic heterocycles. The van der Waals surface area contributed by atoms with Gasteiger partial charge in [0.2, 0.25) is 0 Å². The molecule has 2 rings (SSSR count). The molecule has 6 nitrogen and oxygen atoms in total. The lowest BCUT2D eigenvalue weighted by atomic mass is 10.1. The maximum absolute atomic E-state index is 12.4. The van der Waals surface area contributed by atoms with E-state index in [4.69, 9.17) is 16.3 Å². The number of piperidine rings is 1. The van der Waals surface area contributed by atoms with Crippen molar-refractivity contribution in [1.82, 2.24) is 4.31 Å². The normalized spacial score (nSPS) is 20.2. The summed E-state index contributed by atoms with van der Waals surface area (Å²) >= 11 is 5.92. The van der Waals surface area contributed by atoms with E-state index in [1.807, 2.05) is 0 Å². The van der Waals surface area contributed by atoms with E-state index >= 15 is 0 Å². The first-order valence-corrected chi connectivity index (χ1v) is 8.53. The van der Waals surface area contributed by atoms with Crippen molar-refractivity contribution in [3.63, 3.8) is 0 Å². The van der Waals surface area contributed by atoms with Gasteiger partial charge in [0.25, 0.3) is 0 Å². The molecule has 1 fully saturated rings. The van der Waals surface area contributed by atoms with Gasteiger partial charge in [0, 0.05) is 18.7 Å². The van der Waals surface area contributed by atoms with E-state index < -0.39 is 10.2 Å². The van der Waals surface area contributed by atoms with Crippen LogP contribution in [0.25, 0.3) is 0 Å². The van der Waals surface area contributed by atoms with Crippen LogP contribution in [0.5, 0.6) is 5.75 Å². The Labute approximate surface area is 129 Å². The zero-order chi connectivity index (χ0) is 15.5. The molecule has 1 atom stereocenters. The minimum atomic E-state index is -3.71. The predicted octanol–water partition coefficient (Wildman–Crippen LogP) is 1.85. The molecular weight excluding hydrogens is 316 g/mol. The SMILES string of the molecule is COc1cc(NS(=O)(=O)N2CCCCC2CO)ccc1Cl. The van der Waals surface area contributed by atoms with Gasteiger partial charge in [0.1, 0.15) is 5.75 Å². The molecule has 0 saturated carbocycles. The lowest BCUT2D eigenvalue weighted by Crippen LogP contribution is -2.47. The number of ether oxygens (including phenoxy) is 1. The summed E-state index contributed by atoms with van der Waals surface area (Å²) in [5, 5.41) is 9.75. The molecule has 8 heteroatoms. The second kappa shape index (κ2) is 6.83. The van der Waals surface area contributed by atoms with E-state index in [9.17, 15) is 13.5 Å².